The van der Waals surface area contributed by atoms with E-state index < -0.39 is 17.9 Å². The molecule has 0 aliphatic heterocycles. The van der Waals surface area contributed by atoms with Gasteiger partial charge in [0.2, 0.25) is 5.91 Å². The number of H-pyrrole nitrogens is 1. The Balaban J connectivity index is 1.75. The van der Waals surface area contributed by atoms with Gasteiger partial charge in [-0.1, -0.05) is 29.8 Å². The Hall–Kier alpha value is -3.45. The molecule has 0 aliphatic rings. The Morgan fingerprint density at radius 1 is 1.16 bits per heavy atom. The number of hydrogen-bond acceptors (Lipinski definition) is 5. The second-order valence-corrected chi connectivity index (χ2v) is 7.13. The first-order chi connectivity index (χ1) is 15.0. The number of ether oxygens (including phenoxy) is 3. The van der Waals surface area contributed by atoms with Crippen molar-refractivity contribution in [1.82, 2.24) is 10.3 Å². The number of amides is 1. The van der Waals surface area contributed by atoms with E-state index >= 15 is 0 Å². The van der Waals surface area contributed by atoms with Gasteiger partial charge in [0.1, 0.15) is 6.04 Å². The van der Waals surface area contributed by atoms with Crippen LogP contribution in [0.15, 0.2) is 48.7 Å². The molecule has 0 fully saturated rings. The van der Waals surface area contributed by atoms with E-state index in [-0.39, 0.29) is 0 Å². The highest BCUT2D eigenvalue weighted by Crippen LogP contribution is 2.36. The fourth-order valence-electron chi connectivity index (χ4n) is 3.28. The van der Waals surface area contributed by atoms with Crippen molar-refractivity contribution in [3.63, 3.8) is 0 Å². The minimum Gasteiger partial charge on any atom is -0.493 e. The molecule has 0 saturated carbocycles. The van der Waals surface area contributed by atoms with Crippen LogP contribution in [0.25, 0.3) is 17.0 Å². The molecule has 1 aromatic heterocycles. The number of methoxy groups -OCH3 is 3. The standard InChI is InChI=1S/C23H23ClN2O5/c1-29-20-11-14(10-17(24)22(20)30-2)8-9-21(27)26-19(23(28)31-3)12-15-13-25-18-7-5-4-6-16(15)18/h4-11,13,19,25H,12H2,1-3H3,(H,26,27)/b9-8+/t19-/m1/s1. The van der Waals surface area contributed by atoms with Gasteiger partial charge in [-0.3, -0.25) is 4.79 Å². The summed E-state index contributed by atoms with van der Waals surface area (Å²) >= 11 is 6.20. The van der Waals surface area contributed by atoms with Crippen molar-refractivity contribution in [1.29, 1.82) is 0 Å². The van der Waals surface area contributed by atoms with Crippen LogP contribution in [0.2, 0.25) is 5.02 Å². The molecule has 7 nitrogen and oxygen atoms in total. The third kappa shape index (κ3) is 5.19. The number of hydrogen-bond donors (Lipinski definition) is 2. The van der Waals surface area contributed by atoms with Crippen LogP contribution in [-0.2, 0) is 20.7 Å². The summed E-state index contributed by atoms with van der Waals surface area (Å²) in [6, 6.07) is 10.2. The Kier molecular flexibility index (Phi) is 7.20. The van der Waals surface area contributed by atoms with Crippen LogP contribution in [-0.4, -0.2) is 44.2 Å². The molecule has 1 atom stereocenters. The lowest BCUT2D eigenvalue weighted by Gasteiger charge is -2.15. The SMILES string of the molecule is COC(=O)[C@@H](Cc1c[nH]c2ccccc12)NC(=O)/C=C/c1cc(Cl)c(OC)c(OC)c1. The molecule has 0 bridgehead atoms. The van der Waals surface area contributed by atoms with Crippen LogP contribution in [0.3, 0.4) is 0 Å². The van der Waals surface area contributed by atoms with Gasteiger partial charge in [-0.2, -0.15) is 0 Å². The van der Waals surface area contributed by atoms with Crippen LogP contribution >= 0.6 is 11.6 Å². The zero-order chi connectivity index (χ0) is 22.4. The molecule has 0 radical (unpaired) electrons. The summed E-state index contributed by atoms with van der Waals surface area (Å²) in [4.78, 5) is 27.9. The summed E-state index contributed by atoms with van der Waals surface area (Å²) in [7, 11) is 4.28. The van der Waals surface area contributed by atoms with Gasteiger partial charge in [0, 0.05) is 29.6 Å². The van der Waals surface area contributed by atoms with Gasteiger partial charge >= 0.3 is 5.97 Å². The van der Waals surface area contributed by atoms with E-state index in [1.807, 2.05) is 30.5 Å². The largest absolute Gasteiger partial charge is 0.493 e. The van der Waals surface area contributed by atoms with Gasteiger partial charge in [0.15, 0.2) is 11.5 Å². The second-order valence-electron chi connectivity index (χ2n) is 6.72. The topological polar surface area (TPSA) is 89.7 Å². The van der Waals surface area contributed by atoms with Crippen molar-refractivity contribution in [2.45, 2.75) is 12.5 Å². The first kappa shape index (κ1) is 22.2. The van der Waals surface area contributed by atoms with Gasteiger partial charge in [0.25, 0.3) is 0 Å². The molecule has 3 rings (SSSR count). The predicted molar refractivity (Wildman–Crippen MR) is 120 cm³/mol. The van der Waals surface area contributed by atoms with Crippen molar-refractivity contribution in [3.05, 3.63) is 64.8 Å². The number of halogens is 1. The number of para-hydroxylation sites is 1. The Morgan fingerprint density at radius 3 is 2.65 bits per heavy atom. The third-order valence-electron chi connectivity index (χ3n) is 4.78. The number of benzene rings is 2. The average molecular weight is 443 g/mol. The molecule has 0 unspecified atom stereocenters. The summed E-state index contributed by atoms with van der Waals surface area (Å²) in [6.07, 6.45) is 5.01. The minimum atomic E-state index is -0.838. The maximum Gasteiger partial charge on any atom is 0.328 e. The van der Waals surface area contributed by atoms with E-state index in [1.165, 1.54) is 27.4 Å². The van der Waals surface area contributed by atoms with E-state index in [2.05, 4.69) is 10.3 Å². The normalized spacial score (nSPS) is 12.0. The fraction of sp³-hybridized carbons (Fsp3) is 0.217. The second kappa shape index (κ2) is 10.0. The molecule has 0 spiro atoms. The molecule has 0 aliphatic carbocycles. The van der Waals surface area contributed by atoms with Gasteiger partial charge in [-0.05, 0) is 35.4 Å². The zero-order valence-electron chi connectivity index (χ0n) is 17.4. The first-order valence-electron chi connectivity index (χ1n) is 9.49. The van der Waals surface area contributed by atoms with Gasteiger partial charge in [-0.25, -0.2) is 4.79 Å². The third-order valence-corrected chi connectivity index (χ3v) is 5.06. The lowest BCUT2D eigenvalue weighted by molar-refractivity contribution is -0.144. The van der Waals surface area contributed by atoms with Crippen LogP contribution < -0.4 is 14.8 Å². The van der Waals surface area contributed by atoms with Crippen molar-refractivity contribution < 1.29 is 23.8 Å². The van der Waals surface area contributed by atoms with E-state index in [9.17, 15) is 9.59 Å². The number of esters is 1. The number of nitrogens with one attached hydrogen (secondary N) is 2. The Bertz CT molecular complexity index is 1120. The smallest absolute Gasteiger partial charge is 0.328 e. The van der Waals surface area contributed by atoms with Crippen LogP contribution in [0.4, 0.5) is 0 Å². The highest BCUT2D eigenvalue weighted by molar-refractivity contribution is 6.32. The number of aromatic nitrogens is 1. The van der Waals surface area contributed by atoms with Crippen LogP contribution in [0.5, 0.6) is 11.5 Å². The summed E-state index contributed by atoms with van der Waals surface area (Å²) in [5.41, 5.74) is 2.50. The van der Waals surface area contributed by atoms with E-state index in [0.717, 1.165) is 16.5 Å². The number of fused-ring (bicyclic) bond motifs is 1. The zero-order valence-corrected chi connectivity index (χ0v) is 18.2. The molecular formula is C23H23ClN2O5. The molecule has 3 aromatic rings. The number of carbonyl (C=O) groups excluding carboxylic acids is 2. The van der Waals surface area contributed by atoms with E-state index in [1.54, 1.807) is 18.2 Å². The highest BCUT2D eigenvalue weighted by atomic mass is 35.5. The number of rotatable bonds is 8. The van der Waals surface area contributed by atoms with Gasteiger partial charge in [0.05, 0.1) is 26.4 Å². The summed E-state index contributed by atoms with van der Waals surface area (Å²) < 4.78 is 15.3. The highest BCUT2D eigenvalue weighted by Gasteiger charge is 2.22. The average Bonchev–Trinajstić information content (AvgIpc) is 3.19. The molecule has 0 saturated heterocycles. The Morgan fingerprint density at radius 2 is 1.94 bits per heavy atom. The van der Waals surface area contributed by atoms with Crippen molar-refractivity contribution in [3.8, 4) is 11.5 Å². The summed E-state index contributed by atoms with van der Waals surface area (Å²) in [6.45, 7) is 0. The van der Waals surface area contributed by atoms with Gasteiger partial charge < -0.3 is 24.5 Å². The lowest BCUT2D eigenvalue weighted by Crippen LogP contribution is -2.42. The van der Waals surface area contributed by atoms with E-state index in [0.29, 0.717) is 28.5 Å². The maximum absolute atomic E-state index is 12.5. The van der Waals surface area contributed by atoms with Crippen molar-refractivity contribution in [2.75, 3.05) is 21.3 Å². The minimum absolute atomic E-state index is 0.290. The molecule has 31 heavy (non-hydrogen) atoms. The monoisotopic (exact) mass is 442 g/mol. The quantitative estimate of drug-likeness (QED) is 0.409. The molecule has 2 aromatic carbocycles. The van der Waals surface area contributed by atoms with Crippen molar-refractivity contribution in [2.24, 2.45) is 0 Å². The molecule has 1 heterocycles. The predicted octanol–water partition coefficient (Wildman–Crippen LogP) is 3.75. The molecule has 2 N–H and O–H groups in total. The van der Waals surface area contributed by atoms with Crippen LogP contribution in [0.1, 0.15) is 11.1 Å². The summed E-state index contributed by atoms with van der Waals surface area (Å²) in [5.74, 6) is -0.112. The molecular weight excluding hydrogens is 420 g/mol. The molecule has 8 heteroatoms. The van der Waals surface area contributed by atoms with Gasteiger partial charge in [-0.15, -0.1) is 0 Å². The molecule has 162 valence electrons. The summed E-state index contributed by atoms with van der Waals surface area (Å²) in [5, 5.41) is 4.05. The first-order valence-corrected chi connectivity index (χ1v) is 9.87. The fourth-order valence-corrected chi connectivity index (χ4v) is 3.58. The van der Waals surface area contributed by atoms with E-state index in [4.69, 9.17) is 25.8 Å². The Labute approximate surface area is 184 Å². The number of aromatic amines is 1. The van der Waals surface area contributed by atoms with Crippen molar-refractivity contribution >= 4 is 40.5 Å². The van der Waals surface area contributed by atoms with Crippen LogP contribution in [0, 0.1) is 0 Å². The maximum atomic E-state index is 12.5. The lowest BCUT2D eigenvalue weighted by atomic mass is 10.0. The molecule has 1 amide bonds. The number of carbonyl (C=O) groups is 2.